The fourth-order valence-corrected chi connectivity index (χ4v) is 4.06. The van der Waals surface area contributed by atoms with Crippen LogP contribution >= 0.6 is 0 Å². The van der Waals surface area contributed by atoms with Crippen molar-refractivity contribution in [1.82, 2.24) is 15.6 Å². The first-order valence-corrected chi connectivity index (χ1v) is 14.7. The lowest BCUT2D eigenvalue weighted by Crippen LogP contribution is -2.39. The van der Waals surface area contributed by atoms with E-state index in [1.165, 1.54) is 25.7 Å². The number of nitrogens with one attached hydrogen (secondary N) is 4. The molecule has 12 nitrogen and oxygen atoms in total. The Morgan fingerprint density at radius 1 is 1.09 bits per heavy atom. The van der Waals surface area contributed by atoms with Crippen LogP contribution in [0.1, 0.15) is 69.3 Å². The van der Waals surface area contributed by atoms with E-state index in [-0.39, 0.29) is 35.6 Å². The third kappa shape index (κ3) is 11.0. The van der Waals surface area contributed by atoms with Gasteiger partial charge in [-0.3, -0.25) is 19.8 Å². The maximum absolute atomic E-state index is 13.3. The summed E-state index contributed by atoms with van der Waals surface area (Å²) < 4.78 is 10.3. The van der Waals surface area contributed by atoms with Gasteiger partial charge in [0.15, 0.2) is 12.1 Å². The van der Waals surface area contributed by atoms with E-state index in [0.717, 1.165) is 29.8 Å². The van der Waals surface area contributed by atoms with Crippen molar-refractivity contribution in [2.75, 3.05) is 32.3 Å². The fraction of sp³-hybridized carbons (Fsp3) is 0.364. The summed E-state index contributed by atoms with van der Waals surface area (Å²) in [5, 5.41) is 14.7. The number of hydrogen-bond donors (Lipinski definition) is 5. The molecule has 0 aliphatic heterocycles. The van der Waals surface area contributed by atoms with Gasteiger partial charge in [-0.2, -0.15) is 0 Å². The average molecular weight is 621 g/mol. The first-order valence-electron chi connectivity index (χ1n) is 14.7. The SMILES string of the molecule is CCCNC.CN.Cc1ccc(C(=O)NC2CC2)cc1N(C(=N)c1[nH]cc(C=O)c1C)C(=O)OCOC(=O)Cc1ccccc1. The van der Waals surface area contributed by atoms with Crippen molar-refractivity contribution in [2.45, 2.75) is 52.5 Å². The van der Waals surface area contributed by atoms with Crippen LogP contribution in [0, 0.1) is 19.3 Å². The molecule has 0 spiro atoms. The molecular formula is C33H44N6O6. The first kappa shape index (κ1) is 36.4. The van der Waals surface area contributed by atoms with Crippen LogP contribution in [-0.2, 0) is 20.7 Å². The van der Waals surface area contributed by atoms with Crippen molar-refractivity contribution in [3.05, 3.63) is 88.2 Å². The number of H-pyrrole nitrogens is 1. The number of aromatic amines is 1. The molecule has 0 atom stereocenters. The van der Waals surface area contributed by atoms with Gasteiger partial charge >= 0.3 is 12.1 Å². The van der Waals surface area contributed by atoms with Crippen LogP contribution in [0.15, 0.2) is 54.7 Å². The molecule has 12 heteroatoms. The number of aldehydes is 1. The number of aryl methyl sites for hydroxylation is 1. The highest BCUT2D eigenvalue weighted by Gasteiger charge is 2.29. The maximum atomic E-state index is 13.3. The topological polar surface area (TPSA) is 180 Å². The highest BCUT2D eigenvalue weighted by Crippen LogP contribution is 2.27. The van der Waals surface area contributed by atoms with E-state index < -0.39 is 18.9 Å². The molecule has 2 aromatic carbocycles. The number of nitrogens with zero attached hydrogens (tertiary/aromatic N) is 1. The van der Waals surface area contributed by atoms with Gasteiger partial charge in [-0.25, -0.2) is 9.69 Å². The van der Waals surface area contributed by atoms with E-state index >= 15 is 0 Å². The molecule has 1 heterocycles. The molecule has 1 fully saturated rings. The minimum absolute atomic E-state index is 0.00528. The first-order chi connectivity index (χ1) is 21.7. The number of benzene rings is 2. The van der Waals surface area contributed by atoms with Crippen LogP contribution in [0.5, 0.6) is 0 Å². The van der Waals surface area contributed by atoms with Gasteiger partial charge in [-0.15, -0.1) is 0 Å². The maximum Gasteiger partial charge on any atom is 0.423 e. The number of rotatable bonds is 11. The number of amides is 2. The Bertz CT molecular complexity index is 1430. The summed E-state index contributed by atoms with van der Waals surface area (Å²) >= 11 is 0. The number of amidine groups is 1. The van der Waals surface area contributed by atoms with Crippen LogP contribution in [0.3, 0.4) is 0 Å². The zero-order valence-corrected chi connectivity index (χ0v) is 26.6. The van der Waals surface area contributed by atoms with E-state index in [0.29, 0.717) is 28.5 Å². The number of ether oxygens (including phenoxy) is 2. The lowest BCUT2D eigenvalue weighted by Gasteiger charge is -2.24. The summed E-state index contributed by atoms with van der Waals surface area (Å²) in [7, 11) is 3.46. The molecule has 0 bridgehead atoms. The van der Waals surface area contributed by atoms with Gasteiger partial charge in [0.2, 0.25) is 6.79 Å². The molecule has 1 saturated carbocycles. The summed E-state index contributed by atoms with van der Waals surface area (Å²) in [5.41, 5.74) is 7.42. The summed E-state index contributed by atoms with van der Waals surface area (Å²) in [6.45, 7) is 5.99. The van der Waals surface area contributed by atoms with Gasteiger partial charge in [0.1, 0.15) is 0 Å². The Balaban J connectivity index is 0.000000917. The van der Waals surface area contributed by atoms with E-state index in [9.17, 15) is 19.2 Å². The van der Waals surface area contributed by atoms with Crippen LogP contribution in [0.2, 0.25) is 0 Å². The Hall–Kier alpha value is -4.81. The predicted octanol–water partition coefficient (Wildman–Crippen LogP) is 4.24. The van der Waals surface area contributed by atoms with E-state index in [4.69, 9.17) is 14.9 Å². The van der Waals surface area contributed by atoms with E-state index in [2.05, 4.69) is 28.3 Å². The number of carbonyl (C=O) groups excluding carboxylic acids is 4. The van der Waals surface area contributed by atoms with Crippen molar-refractivity contribution in [3.8, 4) is 0 Å². The normalized spacial score (nSPS) is 11.5. The minimum atomic E-state index is -0.994. The predicted molar refractivity (Wildman–Crippen MR) is 174 cm³/mol. The fourth-order valence-electron chi connectivity index (χ4n) is 4.06. The van der Waals surface area contributed by atoms with Gasteiger partial charge in [-0.05, 0) is 82.6 Å². The van der Waals surface area contributed by atoms with Gasteiger partial charge in [0.05, 0.1) is 17.8 Å². The van der Waals surface area contributed by atoms with Crippen molar-refractivity contribution in [2.24, 2.45) is 5.73 Å². The molecule has 0 radical (unpaired) electrons. The monoisotopic (exact) mass is 620 g/mol. The molecule has 0 saturated heterocycles. The highest BCUT2D eigenvalue weighted by molar-refractivity contribution is 6.21. The molecule has 1 aliphatic carbocycles. The molecule has 45 heavy (non-hydrogen) atoms. The van der Waals surface area contributed by atoms with Gasteiger partial charge in [-0.1, -0.05) is 43.3 Å². The zero-order chi connectivity index (χ0) is 33.4. The molecule has 1 aromatic heterocycles. The zero-order valence-electron chi connectivity index (χ0n) is 26.6. The smallest absolute Gasteiger partial charge is 0.423 e. The van der Waals surface area contributed by atoms with Gasteiger partial charge < -0.3 is 30.8 Å². The molecule has 1 aliphatic rings. The van der Waals surface area contributed by atoms with E-state index in [1.54, 1.807) is 50.2 Å². The largest absolute Gasteiger partial charge is 0.428 e. The summed E-state index contributed by atoms with van der Waals surface area (Å²) in [6.07, 6.45) is 4.16. The van der Waals surface area contributed by atoms with Crippen LogP contribution in [0.4, 0.5) is 10.5 Å². The van der Waals surface area contributed by atoms with Crippen LogP contribution in [0.25, 0.3) is 0 Å². The standard InChI is InChI=1S/C28H28N4O6.C4H11N.CH5N/c1-17-8-9-20(27(35)31-22-10-11-22)13-23(17)32(26(29)25-18(2)21(15-33)14-30-25)28(36)38-16-37-24(34)12-19-6-4-3-5-7-19;1-3-4-5-2;1-2/h3-9,13-15,22,29-30H,10-12,16H2,1-2H3,(H,31,35);5H,3-4H2,1-2H3;2H2,1H3. The van der Waals surface area contributed by atoms with Crippen molar-refractivity contribution in [3.63, 3.8) is 0 Å². The van der Waals surface area contributed by atoms with Crippen LogP contribution < -0.4 is 21.3 Å². The summed E-state index contributed by atoms with van der Waals surface area (Å²) in [5.74, 6) is -1.18. The number of aromatic nitrogens is 1. The average Bonchev–Trinajstić information content (AvgIpc) is 3.78. The second-order valence-electron chi connectivity index (χ2n) is 10.1. The van der Waals surface area contributed by atoms with Crippen molar-refractivity contribution >= 4 is 35.8 Å². The minimum Gasteiger partial charge on any atom is -0.428 e. The van der Waals surface area contributed by atoms with Crippen LogP contribution in [-0.4, -0.2) is 68.6 Å². The second kappa shape index (κ2) is 18.8. The Morgan fingerprint density at radius 2 is 1.78 bits per heavy atom. The second-order valence-corrected chi connectivity index (χ2v) is 10.1. The lowest BCUT2D eigenvalue weighted by atomic mass is 10.1. The molecule has 6 N–H and O–H groups in total. The summed E-state index contributed by atoms with van der Waals surface area (Å²) in [6, 6.07) is 13.9. The Morgan fingerprint density at radius 3 is 2.33 bits per heavy atom. The number of carbonyl (C=O) groups is 4. The van der Waals surface area contributed by atoms with Crippen molar-refractivity contribution in [1.29, 1.82) is 5.41 Å². The Kier molecular flexibility index (Phi) is 15.2. The quantitative estimate of drug-likeness (QED) is 0.0694. The Labute approximate surface area is 264 Å². The van der Waals surface area contributed by atoms with E-state index in [1.807, 2.05) is 13.1 Å². The van der Waals surface area contributed by atoms with Crippen molar-refractivity contribution < 1.29 is 28.7 Å². The molecule has 3 aromatic rings. The highest BCUT2D eigenvalue weighted by atomic mass is 16.7. The third-order valence-corrected chi connectivity index (χ3v) is 6.67. The van der Waals surface area contributed by atoms with Gasteiger partial charge in [0.25, 0.3) is 5.91 Å². The molecule has 0 unspecified atom stereocenters. The summed E-state index contributed by atoms with van der Waals surface area (Å²) in [4.78, 5) is 53.3. The number of anilines is 1. The molecule has 2 amide bonds. The third-order valence-electron chi connectivity index (χ3n) is 6.67. The lowest BCUT2D eigenvalue weighted by molar-refractivity contribution is -0.150. The molecule has 242 valence electrons. The number of esters is 1. The molecule has 4 rings (SSSR count). The molecular weight excluding hydrogens is 576 g/mol. The number of nitrogens with two attached hydrogens (primary N) is 1. The van der Waals surface area contributed by atoms with Gasteiger partial charge in [0, 0.05) is 23.4 Å². The number of hydrogen-bond acceptors (Lipinski definition) is 9.